The predicted octanol–water partition coefficient (Wildman–Crippen LogP) is 8.19. The molecule has 44 heavy (non-hydrogen) atoms. The van der Waals surface area contributed by atoms with Gasteiger partial charge in [-0.3, -0.25) is 0 Å². The summed E-state index contributed by atoms with van der Waals surface area (Å²) in [6, 6.07) is 31.8. The molecule has 0 atom stereocenters. The van der Waals surface area contributed by atoms with Crippen LogP contribution in [0.5, 0.6) is 0 Å². The Hall–Kier alpha value is -4.15. The molecule has 8 bridgehead atoms. The number of aromatic nitrogens is 8. The number of hydrogen-bond donors (Lipinski definition) is 0. The van der Waals surface area contributed by atoms with Crippen LogP contribution in [0.25, 0.3) is 89.7 Å². The molecule has 0 saturated heterocycles. The maximum absolute atomic E-state index is 5.01. The molecule has 0 N–H and O–H groups in total. The largest absolute Gasteiger partial charge is 0.357 e. The summed E-state index contributed by atoms with van der Waals surface area (Å²) in [5.41, 5.74) is 5.78. The summed E-state index contributed by atoms with van der Waals surface area (Å²) in [6.45, 7) is 0. The second-order valence-corrected chi connectivity index (χ2v) is 23.8. The van der Waals surface area contributed by atoms with Crippen LogP contribution < -0.4 is 9.97 Å². The van der Waals surface area contributed by atoms with Crippen molar-refractivity contribution < 1.29 is 15.2 Å². The first-order valence-electron chi connectivity index (χ1n) is 13.4. The van der Waals surface area contributed by atoms with E-state index in [1.807, 2.05) is 97.1 Å². The topological polar surface area (TPSA) is 106 Å². The molecular weight excluding hydrogens is 784 g/mol. The van der Waals surface area contributed by atoms with Crippen molar-refractivity contribution in [2.45, 2.75) is 0 Å². The second kappa shape index (κ2) is 11.1. The Balaban J connectivity index is 0.000000684. The Bertz CT molecular complexity index is 2100. The first-order valence-corrected chi connectivity index (χ1v) is 25.3. The zero-order valence-corrected chi connectivity index (χ0v) is 27.9. The van der Waals surface area contributed by atoms with Crippen molar-refractivity contribution in [3.8, 4) is 45.6 Å². The molecule has 7 aromatic rings. The monoisotopic (exact) mass is 798 g/mol. The van der Waals surface area contributed by atoms with E-state index in [1.165, 1.54) is 0 Å². The summed E-state index contributed by atoms with van der Waals surface area (Å²) in [4.78, 5) is 39.3. The molecule has 2 aliphatic heterocycles. The van der Waals surface area contributed by atoms with Crippen LogP contribution in [0.1, 0.15) is 0 Å². The van der Waals surface area contributed by atoms with Gasteiger partial charge in [-0.1, -0.05) is 97.1 Å². The van der Waals surface area contributed by atoms with Gasteiger partial charge < -0.3 is 29.9 Å². The van der Waals surface area contributed by atoms with Crippen LogP contribution >= 0.6 is 27.6 Å². The van der Waals surface area contributed by atoms with Crippen molar-refractivity contribution in [2.75, 3.05) is 0 Å². The van der Waals surface area contributed by atoms with Gasteiger partial charge in [0, 0.05) is 44.8 Å². The molecule has 8 nitrogen and oxygen atoms in total. The summed E-state index contributed by atoms with van der Waals surface area (Å²) < 4.78 is 0. The average Bonchev–Trinajstić information content (AvgIpc) is 3.76. The fourth-order valence-corrected chi connectivity index (χ4v) is 5.46. The third kappa shape index (κ3) is 4.77. The van der Waals surface area contributed by atoms with E-state index in [0.717, 1.165) is 43.8 Å². The number of benzene rings is 4. The summed E-state index contributed by atoms with van der Waals surface area (Å²) in [7, 11) is 15.0. The predicted molar refractivity (Wildman–Crippen MR) is 172 cm³/mol. The maximum atomic E-state index is 5.01. The number of halogens is 3. The van der Waals surface area contributed by atoms with Crippen molar-refractivity contribution in [1.82, 2.24) is 39.9 Å². The molecule has 0 radical (unpaired) electrons. The van der Waals surface area contributed by atoms with Crippen LogP contribution in [0.15, 0.2) is 97.1 Å². The normalized spacial score (nSPS) is 11.7. The molecule has 2 aliphatic rings. The fourth-order valence-electron chi connectivity index (χ4n) is 5.46. The minimum Gasteiger partial charge on any atom is -0.357 e. The zero-order chi connectivity index (χ0) is 29.8. The Morgan fingerprint density at radius 1 is 0.364 bits per heavy atom. The van der Waals surface area contributed by atoms with Crippen molar-refractivity contribution >= 4 is 71.7 Å². The van der Waals surface area contributed by atoms with Crippen molar-refractivity contribution in [2.24, 2.45) is 0 Å². The van der Waals surface area contributed by atoms with Crippen molar-refractivity contribution in [3.05, 3.63) is 97.1 Å². The number of rotatable bonds is 0. The average molecular weight is 800 g/mol. The van der Waals surface area contributed by atoms with E-state index in [4.69, 9.17) is 67.4 Å². The van der Waals surface area contributed by atoms with Crippen LogP contribution in [0.4, 0.5) is 0 Å². The Labute approximate surface area is 267 Å². The molecule has 0 aliphatic carbocycles. The van der Waals surface area contributed by atoms with Gasteiger partial charge in [-0.15, -0.1) is 0 Å². The minimum atomic E-state index is -2.18. The van der Waals surface area contributed by atoms with Gasteiger partial charge in [-0.2, -0.15) is 0 Å². The molecule has 3 aromatic heterocycles. The van der Waals surface area contributed by atoms with E-state index in [-0.39, 0.29) is 0 Å². The van der Waals surface area contributed by atoms with Gasteiger partial charge in [-0.25, -0.2) is 9.97 Å². The summed E-state index contributed by atoms with van der Waals surface area (Å²) in [5, 5.41) is 3.57. The van der Waals surface area contributed by atoms with E-state index in [2.05, 4.69) is 0 Å². The molecule has 0 unspecified atom stereocenters. The van der Waals surface area contributed by atoms with Gasteiger partial charge in [0.15, 0.2) is 0 Å². The van der Waals surface area contributed by atoms with E-state index >= 15 is 0 Å². The first kappa shape index (κ1) is 27.4. The molecule has 0 amide bonds. The number of fused-ring (bicyclic) bond motifs is 20. The molecule has 0 saturated carbocycles. The van der Waals surface area contributed by atoms with Gasteiger partial charge >= 0.3 is 42.8 Å². The number of nitrogens with zero attached hydrogens (tertiary/aromatic N) is 8. The molecule has 212 valence electrons. The van der Waals surface area contributed by atoms with E-state index in [0.29, 0.717) is 45.9 Å². The summed E-state index contributed by atoms with van der Waals surface area (Å²) in [5.74, 6) is 2.21. The standard InChI is InChI=1S/C32H16N8.3ClH.Ta/c1-2-10-18-17(9-1)25-33-26(18)38-28-21-13-5-6-14-22(21)30(35-28)40-32-24-16-8-7-15-23(24)31(36-32)39-29-20-12-4-3-11-19(20)27(34-29)37-25;;;;/h1-16H;3*1H;/q-2;;;;+3/p-3. The minimum absolute atomic E-state index is 0.552. The molecule has 5 heterocycles. The van der Waals surface area contributed by atoms with Gasteiger partial charge in [0.05, 0.1) is 23.3 Å². The van der Waals surface area contributed by atoms with Crippen LogP contribution in [-0.2, 0) is 15.2 Å². The first-order chi connectivity index (χ1) is 21.5. The number of hydrogen-bond acceptors (Lipinski definition) is 6. The Morgan fingerprint density at radius 3 is 0.841 bits per heavy atom. The van der Waals surface area contributed by atoms with Crippen LogP contribution in [0.2, 0.25) is 0 Å². The molecule has 9 rings (SSSR count). The molecule has 0 fully saturated rings. The van der Waals surface area contributed by atoms with Gasteiger partial charge in [-0.05, 0) is 21.5 Å². The van der Waals surface area contributed by atoms with Gasteiger partial charge in [0.25, 0.3) is 0 Å². The maximum Gasteiger partial charge on any atom is 0.0927 e. The molecule has 12 heteroatoms. The fraction of sp³-hybridized carbons (Fsp3) is 0. The van der Waals surface area contributed by atoms with Gasteiger partial charge in [0.2, 0.25) is 0 Å². The van der Waals surface area contributed by atoms with Crippen LogP contribution in [0.3, 0.4) is 0 Å². The third-order valence-electron chi connectivity index (χ3n) is 7.33. The zero-order valence-electron chi connectivity index (χ0n) is 22.4. The second-order valence-electron chi connectivity index (χ2n) is 9.86. The smallest absolute Gasteiger partial charge is 0.0927 e. The molecular formula is C32H16Cl3N8Ta-2. The quantitative estimate of drug-likeness (QED) is 0.151. The Kier molecular flexibility index (Phi) is 6.91. The SMILES string of the molecule is [Cl][Ta]([Cl])[Cl].c1ccc2c(c1)-c1nc-2nc2[n-]c(nc3nc(nc4[n-]c(n1)c1ccccc41)-c1ccccc1-3)c1ccccc21. The van der Waals surface area contributed by atoms with Crippen molar-refractivity contribution in [3.63, 3.8) is 0 Å². The van der Waals surface area contributed by atoms with E-state index in [9.17, 15) is 0 Å². The molecule has 4 aromatic carbocycles. The molecule has 0 spiro atoms. The van der Waals surface area contributed by atoms with Crippen LogP contribution in [-0.4, -0.2) is 29.9 Å². The summed E-state index contributed by atoms with van der Waals surface area (Å²) >= 11 is -2.18. The third-order valence-corrected chi connectivity index (χ3v) is 7.33. The Morgan fingerprint density at radius 2 is 0.591 bits per heavy atom. The van der Waals surface area contributed by atoms with Gasteiger partial charge in [0.1, 0.15) is 0 Å². The van der Waals surface area contributed by atoms with E-state index in [1.54, 1.807) is 0 Å². The summed E-state index contributed by atoms with van der Waals surface area (Å²) in [6.07, 6.45) is 0. The van der Waals surface area contributed by atoms with E-state index < -0.39 is 15.2 Å². The van der Waals surface area contributed by atoms with Crippen LogP contribution in [0, 0.1) is 0 Å². The van der Waals surface area contributed by atoms with Crippen molar-refractivity contribution in [1.29, 1.82) is 0 Å².